The molecule has 0 aliphatic carbocycles. The van der Waals surface area contributed by atoms with Crippen molar-refractivity contribution in [3.63, 3.8) is 0 Å². The van der Waals surface area contributed by atoms with E-state index in [2.05, 4.69) is 35.1 Å². The Kier molecular flexibility index (Phi) is 3.63. The number of anilines is 2. The van der Waals surface area contributed by atoms with E-state index in [9.17, 15) is 0 Å². The molecule has 3 rings (SSSR count). The zero-order chi connectivity index (χ0) is 14.7. The van der Waals surface area contributed by atoms with Crippen LogP contribution >= 0.6 is 0 Å². The SMILES string of the molecule is CNc1nc(N(C)CCc2ccncc2)c2[nH]cnc2n1. The Morgan fingerprint density at radius 2 is 2.05 bits per heavy atom. The molecular weight excluding hydrogens is 266 g/mol. The maximum absolute atomic E-state index is 4.52. The molecule has 7 nitrogen and oxygen atoms in total. The van der Waals surface area contributed by atoms with Crippen LogP contribution in [0.4, 0.5) is 11.8 Å². The lowest BCUT2D eigenvalue weighted by molar-refractivity contribution is 0.860. The second-order valence-corrected chi connectivity index (χ2v) is 4.75. The number of aromatic nitrogens is 5. The summed E-state index contributed by atoms with van der Waals surface area (Å²) in [6.07, 6.45) is 6.19. The minimum absolute atomic E-state index is 0.570. The molecule has 0 fully saturated rings. The molecule has 21 heavy (non-hydrogen) atoms. The predicted octanol–water partition coefficient (Wildman–Crippen LogP) is 1.47. The van der Waals surface area contributed by atoms with Crippen LogP contribution in [0, 0.1) is 0 Å². The topological polar surface area (TPSA) is 82.6 Å². The summed E-state index contributed by atoms with van der Waals surface area (Å²) in [4.78, 5) is 22.3. The highest BCUT2D eigenvalue weighted by molar-refractivity contribution is 5.84. The number of rotatable bonds is 5. The molecule has 0 atom stereocenters. The van der Waals surface area contributed by atoms with Gasteiger partial charge in [0.2, 0.25) is 5.95 Å². The highest BCUT2D eigenvalue weighted by Crippen LogP contribution is 2.21. The molecule has 3 aromatic heterocycles. The van der Waals surface area contributed by atoms with Gasteiger partial charge in [0.15, 0.2) is 11.5 Å². The van der Waals surface area contributed by atoms with Crippen LogP contribution in [0.1, 0.15) is 5.56 Å². The van der Waals surface area contributed by atoms with Crippen molar-refractivity contribution in [2.45, 2.75) is 6.42 Å². The van der Waals surface area contributed by atoms with Gasteiger partial charge >= 0.3 is 0 Å². The van der Waals surface area contributed by atoms with Gasteiger partial charge in [0, 0.05) is 33.0 Å². The second-order valence-electron chi connectivity index (χ2n) is 4.75. The Labute approximate surface area is 122 Å². The van der Waals surface area contributed by atoms with Crippen LogP contribution in [0.25, 0.3) is 11.2 Å². The standard InChI is InChI=1S/C14H17N7/c1-15-14-19-12-11(17-9-18-12)13(20-14)21(2)8-5-10-3-6-16-7-4-10/h3-4,6-7,9H,5,8H2,1-2H3,(H2,15,17,18,19,20). The van der Waals surface area contributed by atoms with Crippen LogP contribution in [-0.4, -0.2) is 45.6 Å². The third-order valence-corrected chi connectivity index (χ3v) is 3.34. The average Bonchev–Trinajstić information content (AvgIpc) is 3.01. The lowest BCUT2D eigenvalue weighted by atomic mass is 10.2. The predicted molar refractivity (Wildman–Crippen MR) is 82.4 cm³/mol. The quantitative estimate of drug-likeness (QED) is 0.738. The normalized spacial score (nSPS) is 10.8. The van der Waals surface area contributed by atoms with E-state index < -0.39 is 0 Å². The summed E-state index contributed by atoms with van der Waals surface area (Å²) < 4.78 is 0. The molecule has 0 unspecified atom stereocenters. The van der Waals surface area contributed by atoms with Crippen molar-refractivity contribution in [2.75, 3.05) is 30.9 Å². The Hall–Kier alpha value is -2.70. The Morgan fingerprint density at radius 3 is 2.81 bits per heavy atom. The van der Waals surface area contributed by atoms with Crippen LogP contribution in [0.15, 0.2) is 30.9 Å². The number of nitrogens with zero attached hydrogens (tertiary/aromatic N) is 5. The first-order valence-corrected chi connectivity index (χ1v) is 6.77. The summed E-state index contributed by atoms with van der Waals surface area (Å²) in [5.74, 6) is 1.41. The van der Waals surface area contributed by atoms with Crippen molar-refractivity contribution in [3.05, 3.63) is 36.4 Å². The van der Waals surface area contributed by atoms with Gasteiger partial charge in [0.25, 0.3) is 0 Å². The summed E-state index contributed by atoms with van der Waals surface area (Å²) in [6, 6.07) is 4.05. The Balaban J connectivity index is 1.83. The molecule has 2 N–H and O–H groups in total. The van der Waals surface area contributed by atoms with E-state index >= 15 is 0 Å². The molecule has 0 aliphatic rings. The van der Waals surface area contributed by atoms with Gasteiger partial charge in [0.1, 0.15) is 5.52 Å². The zero-order valence-corrected chi connectivity index (χ0v) is 12.0. The number of hydrogen-bond acceptors (Lipinski definition) is 6. The molecule has 0 radical (unpaired) electrons. The molecule has 0 aromatic carbocycles. The summed E-state index contributed by atoms with van der Waals surface area (Å²) in [5.41, 5.74) is 2.77. The number of fused-ring (bicyclic) bond motifs is 1. The van der Waals surface area contributed by atoms with Gasteiger partial charge in [-0.2, -0.15) is 9.97 Å². The summed E-state index contributed by atoms with van der Waals surface area (Å²) >= 11 is 0. The van der Waals surface area contributed by atoms with Crippen molar-refractivity contribution in [1.29, 1.82) is 0 Å². The van der Waals surface area contributed by atoms with Crippen molar-refractivity contribution < 1.29 is 0 Å². The molecule has 0 saturated carbocycles. The summed E-state index contributed by atoms with van der Waals surface area (Å²) in [5, 5.41) is 2.97. The van der Waals surface area contributed by atoms with Crippen LogP contribution in [-0.2, 0) is 6.42 Å². The first kappa shape index (κ1) is 13.3. The van der Waals surface area contributed by atoms with Crippen LogP contribution in [0.3, 0.4) is 0 Å². The fourth-order valence-corrected chi connectivity index (χ4v) is 2.16. The first-order valence-electron chi connectivity index (χ1n) is 6.77. The van der Waals surface area contributed by atoms with Gasteiger partial charge in [-0.15, -0.1) is 0 Å². The Morgan fingerprint density at radius 1 is 1.24 bits per heavy atom. The van der Waals surface area contributed by atoms with E-state index in [4.69, 9.17) is 0 Å². The van der Waals surface area contributed by atoms with Crippen LogP contribution in [0.2, 0.25) is 0 Å². The van der Waals surface area contributed by atoms with E-state index in [-0.39, 0.29) is 0 Å². The lowest BCUT2D eigenvalue weighted by Gasteiger charge is -2.19. The first-order chi connectivity index (χ1) is 10.3. The largest absolute Gasteiger partial charge is 0.357 e. The number of hydrogen-bond donors (Lipinski definition) is 2. The van der Waals surface area contributed by atoms with E-state index in [0.717, 1.165) is 24.3 Å². The molecule has 7 heteroatoms. The summed E-state index contributed by atoms with van der Waals surface area (Å²) in [7, 11) is 3.82. The highest BCUT2D eigenvalue weighted by atomic mass is 15.2. The van der Waals surface area contributed by atoms with Crippen molar-refractivity contribution >= 4 is 22.9 Å². The third-order valence-electron chi connectivity index (χ3n) is 3.34. The van der Waals surface area contributed by atoms with E-state index in [1.54, 1.807) is 13.4 Å². The van der Waals surface area contributed by atoms with E-state index in [0.29, 0.717) is 11.6 Å². The monoisotopic (exact) mass is 283 g/mol. The fraction of sp³-hybridized carbons (Fsp3) is 0.286. The average molecular weight is 283 g/mol. The zero-order valence-electron chi connectivity index (χ0n) is 12.0. The van der Waals surface area contributed by atoms with Crippen molar-refractivity contribution in [1.82, 2.24) is 24.9 Å². The third kappa shape index (κ3) is 2.76. The number of imidazole rings is 1. The Bertz CT molecular complexity index is 723. The van der Waals surface area contributed by atoms with Crippen molar-refractivity contribution in [3.8, 4) is 0 Å². The fourth-order valence-electron chi connectivity index (χ4n) is 2.16. The second kappa shape index (κ2) is 5.74. The number of pyridine rings is 1. The molecule has 0 aliphatic heterocycles. The minimum atomic E-state index is 0.570. The molecule has 3 aromatic rings. The van der Waals surface area contributed by atoms with Gasteiger partial charge in [-0.05, 0) is 24.1 Å². The van der Waals surface area contributed by atoms with Gasteiger partial charge in [0.05, 0.1) is 6.33 Å². The minimum Gasteiger partial charge on any atom is -0.357 e. The number of likely N-dealkylation sites (N-methyl/N-ethyl adjacent to an activating group) is 1. The highest BCUT2D eigenvalue weighted by Gasteiger charge is 2.13. The molecular formula is C14H17N7. The maximum atomic E-state index is 4.52. The summed E-state index contributed by atoms with van der Waals surface area (Å²) in [6.45, 7) is 0.846. The van der Waals surface area contributed by atoms with Crippen LogP contribution in [0.5, 0.6) is 0 Å². The van der Waals surface area contributed by atoms with E-state index in [1.165, 1.54) is 5.56 Å². The van der Waals surface area contributed by atoms with E-state index in [1.807, 2.05) is 31.6 Å². The molecule has 0 saturated heterocycles. The molecule has 3 heterocycles. The van der Waals surface area contributed by atoms with Gasteiger partial charge < -0.3 is 15.2 Å². The lowest BCUT2D eigenvalue weighted by Crippen LogP contribution is -2.22. The smallest absolute Gasteiger partial charge is 0.226 e. The molecule has 0 spiro atoms. The van der Waals surface area contributed by atoms with Gasteiger partial charge in [-0.3, -0.25) is 4.98 Å². The molecule has 0 amide bonds. The molecule has 108 valence electrons. The van der Waals surface area contributed by atoms with Gasteiger partial charge in [-0.1, -0.05) is 0 Å². The number of aromatic amines is 1. The molecule has 0 bridgehead atoms. The maximum Gasteiger partial charge on any atom is 0.226 e. The van der Waals surface area contributed by atoms with Crippen LogP contribution < -0.4 is 10.2 Å². The van der Waals surface area contributed by atoms with Crippen molar-refractivity contribution in [2.24, 2.45) is 0 Å². The number of nitrogens with one attached hydrogen (secondary N) is 2. The number of H-pyrrole nitrogens is 1. The van der Waals surface area contributed by atoms with Gasteiger partial charge in [-0.25, -0.2) is 4.98 Å².